The lowest BCUT2D eigenvalue weighted by Gasteiger charge is -2.58. The van der Waals surface area contributed by atoms with Gasteiger partial charge in [-0.15, -0.1) is 0 Å². The molecule has 1 amide bonds. The minimum Gasteiger partial charge on any atom is -0.462 e. The van der Waals surface area contributed by atoms with Crippen LogP contribution in [0.5, 0.6) is 0 Å². The largest absolute Gasteiger partial charge is 0.462 e. The van der Waals surface area contributed by atoms with Gasteiger partial charge in [0.2, 0.25) is 5.91 Å². The van der Waals surface area contributed by atoms with Gasteiger partial charge in [-0.25, -0.2) is 0 Å². The Balaban J connectivity index is 1.22. The topological polar surface area (TPSA) is 73.9 Å². The van der Waals surface area contributed by atoms with Gasteiger partial charge < -0.3 is 19.5 Å². The zero-order valence-electron chi connectivity index (χ0n) is 32.0. The van der Waals surface area contributed by atoms with Crippen LogP contribution in [0.25, 0.3) is 0 Å². The SMILES string of the molecule is COC(C)(C)COC(C)(C)CCNC(=O)CCC(=O)O[C@H]1CC[C@@]2(C)C(=CC[C@H]3[C@@H]4CC[C@H]([C@H](C)CCCC(C)C)[C@@]4(C)CC[C@@H]32)C1. The molecule has 47 heavy (non-hydrogen) atoms. The number of nitrogens with one attached hydrogen (secondary N) is 1. The lowest BCUT2D eigenvalue weighted by Crippen LogP contribution is -2.51. The van der Waals surface area contributed by atoms with Gasteiger partial charge in [0.25, 0.3) is 0 Å². The molecular formula is C41H71NO5. The van der Waals surface area contributed by atoms with Crippen molar-refractivity contribution in [2.45, 2.75) is 170 Å². The van der Waals surface area contributed by atoms with Gasteiger partial charge in [0.1, 0.15) is 6.10 Å². The zero-order valence-corrected chi connectivity index (χ0v) is 32.0. The van der Waals surface area contributed by atoms with Crippen molar-refractivity contribution in [1.82, 2.24) is 5.32 Å². The van der Waals surface area contributed by atoms with Gasteiger partial charge in [0, 0.05) is 26.5 Å². The molecule has 0 bridgehead atoms. The van der Waals surface area contributed by atoms with Crippen LogP contribution in [-0.4, -0.2) is 49.4 Å². The highest BCUT2D eigenvalue weighted by atomic mass is 16.5. The van der Waals surface area contributed by atoms with Crippen molar-refractivity contribution in [2.24, 2.45) is 46.3 Å². The first-order valence-electron chi connectivity index (χ1n) is 19.3. The molecule has 270 valence electrons. The van der Waals surface area contributed by atoms with E-state index < -0.39 is 0 Å². The van der Waals surface area contributed by atoms with E-state index in [2.05, 4.69) is 46.0 Å². The summed E-state index contributed by atoms with van der Waals surface area (Å²) in [6.07, 6.45) is 17.3. The average molecular weight is 658 g/mol. The standard InChI is InChI=1S/C41H71NO5/c1-28(2)12-11-13-29(3)33-16-17-34-32-15-14-30-26-31(20-22-40(30,8)35(32)21-23-41(33,34)9)47-37(44)19-18-36(43)42-25-24-38(4,5)46-27-39(6,7)45-10/h14,28-29,31-35H,11-13,15-27H2,1-10H3,(H,42,43)/t29-,31+,32+,33-,34+,35+,40+,41-/m1/s1. The fourth-order valence-corrected chi connectivity index (χ4v) is 10.3. The van der Waals surface area contributed by atoms with E-state index in [4.69, 9.17) is 14.2 Å². The molecule has 1 N–H and O–H groups in total. The molecule has 0 spiro atoms. The molecule has 0 saturated heterocycles. The molecule has 0 aliphatic heterocycles. The highest BCUT2D eigenvalue weighted by Gasteiger charge is 2.59. The van der Waals surface area contributed by atoms with Crippen LogP contribution in [0.1, 0.15) is 152 Å². The number of hydrogen-bond donors (Lipinski definition) is 1. The third-order valence-electron chi connectivity index (χ3n) is 13.5. The Morgan fingerprint density at radius 3 is 2.40 bits per heavy atom. The Kier molecular flexibility index (Phi) is 12.8. The van der Waals surface area contributed by atoms with E-state index in [0.29, 0.717) is 25.0 Å². The Bertz CT molecular complexity index is 1100. The minimum atomic E-state index is -0.381. The molecule has 3 fully saturated rings. The van der Waals surface area contributed by atoms with Crippen LogP contribution in [0.15, 0.2) is 11.6 Å². The monoisotopic (exact) mass is 658 g/mol. The maximum absolute atomic E-state index is 12.8. The molecule has 0 aromatic carbocycles. The fraction of sp³-hybridized carbons (Fsp3) is 0.902. The van der Waals surface area contributed by atoms with Gasteiger partial charge in [-0.2, -0.15) is 0 Å². The van der Waals surface area contributed by atoms with Crippen LogP contribution in [0, 0.1) is 46.3 Å². The maximum Gasteiger partial charge on any atom is 0.306 e. The molecule has 4 rings (SSSR count). The van der Waals surface area contributed by atoms with E-state index in [9.17, 15) is 9.59 Å². The van der Waals surface area contributed by atoms with E-state index in [1.54, 1.807) is 12.7 Å². The van der Waals surface area contributed by atoms with Gasteiger partial charge in [0.05, 0.1) is 24.2 Å². The maximum atomic E-state index is 12.8. The Morgan fingerprint density at radius 2 is 1.70 bits per heavy atom. The van der Waals surface area contributed by atoms with E-state index in [0.717, 1.165) is 54.8 Å². The minimum absolute atomic E-state index is 0.0628. The van der Waals surface area contributed by atoms with Crippen LogP contribution >= 0.6 is 0 Å². The second kappa shape index (κ2) is 15.7. The van der Waals surface area contributed by atoms with Crippen molar-refractivity contribution in [2.75, 3.05) is 20.3 Å². The Labute approximate surface area is 288 Å². The van der Waals surface area contributed by atoms with Crippen molar-refractivity contribution in [3.63, 3.8) is 0 Å². The number of carbonyl (C=O) groups is 2. The van der Waals surface area contributed by atoms with Gasteiger partial charge in [0.15, 0.2) is 0 Å². The molecule has 0 unspecified atom stereocenters. The second-order valence-electron chi connectivity index (χ2n) is 18.3. The number of methoxy groups -OCH3 is 1. The summed E-state index contributed by atoms with van der Waals surface area (Å²) in [4.78, 5) is 25.3. The Hall–Kier alpha value is -1.40. The number of carbonyl (C=O) groups excluding carboxylic acids is 2. The predicted octanol–water partition coefficient (Wildman–Crippen LogP) is 9.45. The molecule has 6 nitrogen and oxygen atoms in total. The lowest BCUT2D eigenvalue weighted by atomic mass is 9.47. The number of amides is 1. The van der Waals surface area contributed by atoms with Gasteiger partial charge in [-0.05, 0) is 125 Å². The molecule has 8 atom stereocenters. The summed E-state index contributed by atoms with van der Waals surface area (Å²) in [7, 11) is 1.68. The van der Waals surface area contributed by atoms with E-state index >= 15 is 0 Å². The summed E-state index contributed by atoms with van der Waals surface area (Å²) in [5.74, 6) is 4.60. The first-order chi connectivity index (χ1) is 22.0. The molecule has 0 aromatic heterocycles. The molecular weight excluding hydrogens is 586 g/mol. The number of rotatable bonds is 16. The zero-order chi connectivity index (χ0) is 34.6. The van der Waals surface area contributed by atoms with Gasteiger partial charge in [-0.3, -0.25) is 9.59 Å². The third kappa shape index (κ3) is 9.44. The molecule has 0 aromatic rings. The Morgan fingerprint density at radius 1 is 0.957 bits per heavy atom. The number of esters is 1. The highest BCUT2D eigenvalue weighted by Crippen LogP contribution is 2.67. The third-order valence-corrected chi connectivity index (χ3v) is 13.5. The number of fused-ring (bicyclic) bond motifs is 5. The molecule has 6 heteroatoms. The predicted molar refractivity (Wildman–Crippen MR) is 191 cm³/mol. The van der Waals surface area contributed by atoms with Crippen molar-refractivity contribution in [3.8, 4) is 0 Å². The van der Waals surface area contributed by atoms with Crippen molar-refractivity contribution in [1.29, 1.82) is 0 Å². The fourth-order valence-electron chi connectivity index (χ4n) is 10.3. The summed E-state index contributed by atoms with van der Waals surface area (Å²) >= 11 is 0. The summed E-state index contributed by atoms with van der Waals surface area (Å²) in [5, 5.41) is 2.95. The molecule has 0 radical (unpaired) electrons. The number of ether oxygens (including phenoxy) is 3. The second-order valence-corrected chi connectivity index (χ2v) is 18.3. The summed E-state index contributed by atoms with van der Waals surface area (Å²) in [6, 6.07) is 0. The first-order valence-corrected chi connectivity index (χ1v) is 19.3. The normalized spacial score (nSPS) is 33.0. The van der Waals surface area contributed by atoms with E-state index in [1.807, 2.05) is 27.7 Å². The molecule has 3 saturated carbocycles. The van der Waals surface area contributed by atoms with Gasteiger partial charge >= 0.3 is 5.97 Å². The summed E-state index contributed by atoms with van der Waals surface area (Å²) in [6.45, 7) is 21.5. The van der Waals surface area contributed by atoms with E-state index in [1.165, 1.54) is 51.4 Å². The smallest absolute Gasteiger partial charge is 0.306 e. The van der Waals surface area contributed by atoms with Crippen molar-refractivity contribution in [3.05, 3.63) is 11.6 Å². The van der Waals surface area contributed by atoms with Crippen LogP contribution in [-0.2, 0) is 23.8 Å². The first kappa shape index (κ1) is 38.4. The molecule has 4 aliphatic carbocycles. The average Bonchev–Trinajstić information content (AvgIpc) is 3.36. The van der Waals surface area contributed by atoms with Crippen molar-refractivity contribution < 1.29 is 23.8 Å². The lowest BCUT2D eigenvalue weighted by molar-refractivity contribution is -0.152. The van der Waals surface area contributed by atoms with Gasteiger partial charge in [-0.1, -0.05) is 65.5 Å². The van der Waals surface area contributed by atoms with Crippen LogP contribution < -0.4 is 5.32 Å². The van der Waals surface area contributed by atoms with E-state index in [-0.39, 0.29) is 47.4 Å². The van der Waals surface area contributed by atoms with Crippen LogP contribution in [0.4, 0.5) is 0 Å². The van der Waals surface area contributed by atoms with Crippen LogP contribution in [0.2, 0.25) is 0 Å². The summed E-state index contributed by atoms with van der Waals surface area (Å²) in [5.41, 5.74) is 1.55. The molecule has 0 heterocycles. The molecule has 4 aliphatic rings. The number of allylic oxidation sites excluding steroid dienone is 1. The quantitative estimate of drug-likeness (QED) is 0.132. The van der Waals surface area contributed by atoms with Crippen LogP contribution in [0.3, 0.4) is 0 Å². The highest BCUT2D eigenvalue weighted by molar-refractivity contribution is 5.81. The van der Waals surface area contributed by atoms with Crippen molar-refractivity contribution >= 4 is 11.9 Å². The number of hydrogen-bond acceptors (Lipinski definition) is 5. The summed E-state index contributed by atoms with van der Waals surface area (Å²) < 4.78 is 17.4.